The fourth-order valence-electron chi connectivity index (χ4n) is 3.92. The van der Waals surface area contributed by atoms with Gasteiger partial charge in [-0.2, -0.15) is 0 Å². The first kappa shape index (κ1) is 29.3. The molecule has 3 aromatic rings. The summed E-state index contributed by atoms with van der Waals surface area (Å²) in [5.74, 6) is -1.35. The first-order chi connectivity index (χ1) is 17.7. The van der Waals surface area contributed by atoms with Crippen LogP contribution in [0.3, 0.4) is 0 Å². The quantitative estimate of drug-likeness (QED) is 0.385. The number of nitrogens with zero attached hydrogens (tertiary/aromatic N) is 3. The minimum absolute atomic E-state index is 0.137. The minimum atomic E-state index is -3.36. The summed E-state index contributed by atoms with van der Waals surface area (Å²) >= 11 is 5.91. The number of sulfone groups is 1. The summed E-state index contributed by atoms with van der Waals surface area (Å²) in [6.07, 6.45) is 2.43. The second-order valence-corrected chi connectivity index (χ2v) is 12.7. The van der Waals surface area contributed by atoms with Gasteiger partial charge < -0.3 is 15.3 Å². The number of carbonyl (C=O) groups excluding carboxylic acids is 2. The van der Waals surface area contributed by atoms with Gasteiger partial charge in [0.05, 0.1) is 5.75 Å². The SMILES string of the molecule is CN(CC(C)(C)CO)C(=O)Cn1c(=O)c(C(=O)NCc2ccc(Cl)cc2)cc2cc(CS(C)(=O)=O)cnc21. The Morgan fingerprint density at radius 2 is 1.82 bits per heavy atom. The van der Waals surface area contributed by atoms with Crippen molar-refractivity contribution in [1.29, 1.82) is 0 Å². The zero-order valence-corrected chi connectivity index (χ0v) is 23.3. The Morgan fingerprint density at radius 3 is 2.42 bits per heavy atom. The third-order valence-corrected chi connectivity index (χ3v) is 6.94. The molecule has 0 fully saturated rings. The molecule has 0 spiro atoms. The highest BCUT2D eigenvalue weighted by atomic mass is 35.5. The Labute approximate surface area is 226 Å². The van der Waals surface area contributed by atoms with Crippen LogP contribution in [0.25, 0.3) is 11.0 Å². The number of aliphatic hydroxyl groups is 1. The molecule has 2 aromatic heterocycles. The van der Waals surface area contributed by atoms with Crippen molar-refractivity contribution in [1.82, 2.24) is 19.8 Å². The molecule has 1 aromatic carbocycles. The summed E-state index contributed by atoms with van der Waals surface area (Å²) in [5.41, 5.74) is -0.187. The van der Waals surface area contributed by atoms with Gasteiger partial charge in [-0.1, -0.05) is 37.6 Å². The van der Waals surface area contributed by atoms with E-state index in [-0.39, 0.29) is 36.7 Å². The summed E-state index contributed by atoms with van der Waals surface area (Å²) in [4.78, 5) is 45.2. The number of aliphatic hydroxyl groups excluding tert-OH is 1. The zero-order valence-electron chi connectivity index (χ0n) is 21.7. The largest absolute Gasteiger partial charge is 0.396 e. The summed E-state index contributed by atoms with van der Waals surface area (Å²) in [6.45, 7) is 3.44. The Bertz CT molecular complexity index is 1520. The van der Waals surface area contributed by atoms with Crippen molar-refractivity contribution >= 4 is 44.3 Å². The lowest BCUT2D eigenvalue weighted by molar-refractivity contribution is -0.132. The van der Waals surface area contributed by atoms with Crippen LogP contribution in [0.5, 0.6) is 0 Å². The number of hydrogen-bond donors (Lipinski definition) is 2. The second kappa shape index (κ2) is 11.6. The molecule has 0 radical (unpaired) electrons. The molecular weight excluding hydrogens is 532 g/mol. The number of halogens is 1. The fraction of sp³-hybridized carbons (Fsp3) is 0.385. The summed E-state index contributed by atoms with van der Waals surface area (Å²) in [5, 5.41) is 13.1. The zero-order chi connectivity index (χ0) is 28.3. The molecule has 0 atom stereocenters. The molecular formula is C26H31ClN4O6S. The van der Waals surface area contributed by atoms with E-state index in [1.807, 2.05) is 0 Å². The van der Waals surface area contributed by atoms with E-state index in [4.69, 9.17) is 11.6 Å². The van der Waals surface area contributed by atoms with Crippen molar-refractivity contribution in [2.24, 2.45) is 5.41 Å². The number of aromatic nitrogens is 2. The minimum Gasteiger partial charge on any atom is -0.396 e. The van der Waals surface area contributed by atoms with Crippen LogP contribution in [0, 0.1) is 5.41 Å². The lowest BCUT2D eigenvalue weighted by Gasteiger charge is -2.28. The summed E-state index contributed by atoms with van der Waals surface area (Å²) < 4.78 is 24.7. The van der Waals surface area contributed by atoms with Crippen LogP contribution in [-0.2, 0) is 33.5 Å². The summed E-state index contributed by atoms with van der Waals surface area (Å²) in [7, 11) is -1.80. The fourth-order valence-corrected chi connectivity index (χ4v) is 4.81. The van der Waals surface area contributed by atoms with E-state index in [0.29, 0.717) is 16.0 Å². The highest BCUT2D eigenvalue weighted by molar-refractivity contribution is 7.89. The molecule has 38 heavy (non-hydrogen) atoms. The molecule has 0 unspecified atom stereocenters. The molecule has 10 nitrogen and oxygen atoms in total. The van der Waals surface area contributed by atoms with Gasteiger partial charge in [0.2, 0.25) is 5.91 Å². The number of likely N-dealkylation sites (N-methyl/N-ethyl adjacent to an activating group) is 1. The predicted molar refractivity (Wildman–Crippen MR) is 146 cm³/mol. The maximum absolute atomic E-state index is 13.4. The molecule has 204 valence electrons. The van der Waals surface area contributed by atoms with Crippen molar-refractivity contribution in [2.75, 3.05) is 26.5 Å². The number of rotatable bonds is 10. The molecule has 2 heterocycles. The van der Waals surface area contributed by atoms with Gasteiger partial charge in [-0.25, -0.2) is 13.4 Å². The average Bonchev–Trinajstić information content (AvgIpc) is 2.83. The lowest BCUT2D eigenvalue weighted by atomic mass is 9.94. The number of nitrogens with one attached hydrogen (secondary N) is 1. The maximum atomic E-state index is 13.4. The molecule has 0 aliphatic heterocycles. The van der Waals surface area contributed by atoms with Gasteiger partial charge in [0.1, 0.15) is 17.8 Å². The van der Waals surface area contributed by atoms with Crippen LogP contribution in [0.4, 0.5) is 0 Å². The van der Waals surface area contributed by atoms with Gasteiger partial charge in [0, 0.05) is 55.0 Å². The third-order valence-electron chi connectivity index (χ3n) is 5.83. The number of pyridine rings is 2. The van der Waals surface area contributed by atoms with Crippen molar-refractivity contribution in [2.45, 2.75) is 32.7 Å². The van der Waals surface area contributed by atoms with E-state index in [1.165, 1.54) is 17.2 Å². The van der Waals surface area contributed by atoms with E-state index in [2.05, 4.69) is 10.3 Å². The Kier molecular flexibility index (Phi) is 8.96. The Balaban J connectivity index is 2.02. The number of amides is 2. The van der Waals surface area contributed by atoms with Crippen molar-refractivity contribution < 1.29 is 23.1 Å². The van der Waals surface area contributed by atoms with Gasteiger partial charge in [-0.3, -0.25) is 19.0 Å². The van der Waals surface area contributed by atoms with Crippen LogP contribution in [0.15, 0.2) is 47.4 Å². The average molecular weight is 563 g/mol. The van der Waals surface area contributed by atoms with Gasteiger partial charge in [0.15, 0.2) is 9.84 Å². The molecule has 3 rings (SSSR count). The Hall–Kier alpha value is -3.28. The highest BCUT2D eigenvalue weighted by Crippen LogP contribution is 2.18. The third kappa shape index (κ3) is 7.62. The monoisotopic (exact) mass is 562 g/mol. The van der Waals surface area contributed by atoms with Crippen molar-refractivity contribution in [3.05, 3.63) is 74.7 Å². The van der Waals surface area contributed by atoms with E-state index in [9.17, 15) is 27.9 Å². The second-order valence-electron chi connectivity index (χ2n) is 10.2. The topological polar surface area (TPSA) is 139 Å². The van der Waals surface area contributed by atoms with Gasteiger partial charge in [0.25, 0.3) is 11.5 Å². The number of benzene rings is 1. The summed E-state index contributed by atoms with van der Waals surface area (Å²) in [6, 6.07) is 9.74. The molecule has 0 aliphatic rings. The van der Waals surface area contributed by atoms with Crippen LogP contribution in [-0.4, -0.2) is 66.2 Å². The lowest BCUT2D eigenvalue weighted by Crippen LogP contribution is -2.41. The number of hydrogen-bond acceptors (Lipinski definition) is 7. The normalized spacial score (nSPS) is 11.9. The van der Waals surface area contributed by atoms with Crippen molar-refractivity contribution in [3.8, 4) is 0 Å². The van der Waals surface area contributed by atoms with E-state index < -0.39 is 39.2 Å². The van der Waals surface area contributed by atoms with Gasteiger partial charge in [-0.05, 0) is 35.4 Å². The van der Waals surface area contributed by atoms with Crippen LogP contribution >= 0.6 is 11.6 Å². The molecule has 12 heteroatoms. The predicted octanol–water partition coefficient (Wildman–Crippen LogP) is 2.00. The first-order valence-corrected chi connectivity index (χ1v) is 14.2. The standard InChI is InChI=1S/C26H31ClN4O6S/c1-26(2,16-32)15-30(3)22(33)13-31-23-19(9-18(12-28-23)14-38(4,36)37)10-21(25(31)35)24(34)29-11-17-5-7-20(27)8-6-17/h5-10,12,32H,11,13-16H2,1-4H3,(H,29,34). The number of carbonyl (C=O) groups is 2. The first-order valence-electron chi connectivity index (χ1n) is 11.8. The van der Waals surface area contributed by atoms with E-state index in [1.54, 1.807) is 51.2 Å². The molecule has 0 aliphatic carbocycles. The number of fused-ring (bicyclic) bond motifs is 1. The van der Waals surface area contributed by atoms with Gasteiger partial charge in [-0.15, -0.1) is 0 Å². The molecule has 2 amide bonds. The Morgan fingerprint density at radius 1 is 1.16 bits per heavy atom. The smallest absolute Gasteiger partial charge is 0.265 e. The molecule has 2 N–H and O–H groups in total. The maximum Gasteiger partial charge on any atom is 0.265 e. The molecule has 0 saturated carbocycles. The molecule has 0 bridgehead atoms. The van der Waals surface area contributed by atoms with Crippen LogP contribution < -0.4 is 10.9 Å². The molecule has 0 saturated heterocycles. The highest BCUT2D eigenvalue weighted by Gasteiger charge is 2.24. The van der Waals surface area contributed by atoms with Gasteiger partial charge >= 0.3 is 0 Å². The van der Waals surface area contributed by atoms with Crippen LogP contribution in [0.1, 0.15) is 35.3 Å². The van der Waals surface area contributed by atoms with Crippen molar-refractivity contribution in [3.63, 3.8) is 0 Å². The van der Waals surface area contributed by atoms with E-state index in [0.717, 1.165) is 16.4 Å². The van der Waals surface area contributed by atoms with Crippen LogP contribution in [0.2, 0.25) is 5.02 Å². The van der Waals surface area contributed by atoms with E-state index >= 15 is 0 Å².